The molecule has 1 aliphatic rings. The van der Waals surface area contributed by atoms with Crippen LogP contribution in [0.25, 0.3) is 0 Å². The molecule has 0 aromatic carbocycles. The first-order chi connectivity index (χ1) is 9.60. The van der Waals surface area contributed by atoms with Crippen molar-refractivity contribution >= 4 is 5.95 Å². The highest BCUT2D eigenvalue weighted by atomic mass is 16.5. The number of anilines is 1. The fraction of sp³-hybridized carbons (Fsp3) is 0.786. The summed E-state index contributed by atoms with van der Waals surface area (Å²) < 4.78 is 7.30. The van der Waals surface area contributed by atoms with Gasteiger partial charge in [0.25, 0.3) is 0 Å². The summed E-state index contributed by atoms with van der Waals surface area (Å²) in [7, 11) is 6.11. The van der Waals surface area contributed by atoms with Gasteiger partial charge in [-0.1, -0.05) is 0 Å². The first-order valence-corrected chi connectivity index (χ1v) is 7.25. The second-order valence-corrected chi connectivity index (χ2v) is 5.67. The van der Waals surface area contributed by atoms with Crippen LogP contribution in [0.4, 0.5) is 5.95 Å². The van der Waals surface area contributed by atoms with E-state index >= 15 is 0 Å². The zero-order chi connectivity index (χ0) is 14.5. The first-order valence-electron chi connectivity index (χ1n) is 7.25. The fourth-order valence-corrected chi connectivity index (χ4v) is 2.62. The Morgan fingerprint density at radius 3 is 2.95 bits per heavy atom. The van der Waals surface area contributed by atoms with Crippen molar-refractivity contribution in [3.63, 3.8) is 0 Å². The van der Waals surface area contributed by atoms with Crippen molar-refractivity contribution in [2.24, 2.45) is 0 Å². The topological polar surface area (TPSA) is 45.6 Å². The number of hydrogen-bond acceptors (Lipinski definition) is 5. The third-order valence-electron chi connectivity index (χ3n) is 3.87. The van der Waals surface area contributed by atoms with E-state index in [2.05, 4.69) is 45.0 Å². The Balaban J connectivity index is 2.00. The molecule has 20 heavy (non-hydrogen) atoms. The van der Waals surface area contributed by atoms with Crippen LogP contribution in [0.2, 0.25) is 0 Å². The SMILES string of the molecule is COCCNc1nc(C)cn1CC1CN(C)CCN1C. The Hall–Kier alpha value is -1.11. The van der Waals surface area contributed by atoms with Crippen LogP contribution in [0.1, 0.15) is 5.69 Å². The van der Waals surface area contributed by atoms with Crippen LogP contribution in [0.15, 0.2) is 6.20 Å². The third-order valence-corrected chi connectivity index (χ3v) is 3.87. The van der Waals surface area contributed by atoms with Gasteiger partial charge in [-0.3, -0.25) is 4.90 Å². The maximum absolute atomic E-state index is 5.08. The van der Waals surface area contributed by atoms with Crippen LogP contribution in [0, 0.1) is 6.92 Å². The van der Waals surface area contributed by atoms with Crippen molar-refractivity contribution in [3.05, 3.63) is 11.9 Å². The van der Waals surface area contributed by atoms with Gasteiger partial charge in [0.2, 0.25) is 5.95 Å². The van der Waals surface area contributed by atoms with Crippen LogP contribution in [-0.2, 0) is 11.3 Å². The van der Waals surface area contributed by atoms with Crippen molar-refractivity contribution in [2.75, 3.05) is 59.3 Å². The zero-order valence-electron chi connectivity index (χ0n) is 13.1. The lowest BCUT2D eigenvalue weighted by molar-refractivity contribution is 0.103. The number of methoxy groups -OCH3 is 1. The summed E-state index contributed by atoms with van der Waals surface area (Å²) in [5.41, 5.74) is 1.05. The minimum Gasteiger partial charge on any atom is -0.383 e. The molecule has 0 radical (unpaired) electrons. The molecule has 1 fully saturated rings. The van der Waals surface area contributed by atoms with Crippen LogP contribution in [0.5, 0.6) is 0 Å². The number of nitrogens with one attached hydrogen (secondary N) is 1. The smallest absolute Gasteiger partial charge is 0.203 e. The molecule has 2 heterocycles. The normalized spacial score (nSPS) is 21.3. The Morgan fingerprint density at radius 1 is 1.40 bits per heavy atom. The molecule has 114 valence electrons. The van der Waals surface area contributed by atoms with Gasteiger partial charge in [0, 0.05) is 52.1 Å². The number of piperazine rings is 1. The predicted molar refractivity (Wildman–Crippen MR) is 81.2 cm³/mol. The number of imidazole rings is 1. The van der Waals surface area contributed by atoms with Gasteiger partial charge in [0.15, 0.2) is 0 Å². The molecule has 6 nitrogen and oxygen atoms in total. The minimum atomic E-state index is 0.533. The maximum atomic E-state index is 5.08. The lowest BCUT2D eigenvalue weighted by Crippen LogP contribution is -2.51. The Bertz CT molecular complexity index is 420. The number of ether oxygens (including phenoxy) is 1. The molecule has 6 heteroatoms. The molecule has 1 aliphatic heterocycles. The van der Waals surface area contributed by atoms with E-state index in [0.717, 1.165) is 44.4 Å². The zero-order valence-corrected chi connectivity index (χ0v) is 13.1. The number of likely N-dealkylation sites (N-methyl/N-ethyl adjacent to an activating group) is 2. The quantitative estimate of drug-likeness (QED) is 0.769. The Kier molecular flexibility index (Phi) is 5.39. The summed E-state index contributed by atoms with van der Waals surface area (Å²) in [6.45, 7) is 7.86. The molecule has 0 amide bonds. The van der Waals surface area contributed by atoms with E-state index in [1.54, 1.807) is 7.11 Å². The predicted octanol–water partition coefficient (Wildman–Crippen LogP) is 0.496. The Labute approximate surface area is 121 Å². The van der Waals surface area contributed by atoms with Gasteiger partial charge in [0.1, 0.15) is 0 Å². The van der Waals surface area contributed by atoms with Crippen LogP contribution in [-0.4, -0.2) is 79.4 Å². The molecule has 0 spiro atoms. The highest BCUT2D eigenvalue weighted by Gasteiger charge is 2.23. The van der Waals surface area contributed by atoms with E-state index in [1.807, 2.05) is 6.92 Å². The van der Waals surface area contributed by atoms with E-state index in [4.69, 9.17) is 4.74 Å². The average molecular weight is 281 g/mol. The third kappa shape index (κ3) is 3.94. The number of aryl methyl sites for hydroxylation is 1. The summed E-state index contributed by atoms with van der Waals surface area (Å²) in [5, 5.41) is 3.35. The van der Waals surface area contributed by atoms with E-state index in [-0.39, 0.29) is 0 Å². The summed E-state index contributed by atoms with van der Waals surface area (Å²) in [6, 6.07) is 0.533. The first kappa shape index (κ1) is 15.3. The molecular formula is C14H27N5O. The molecular weight excluding hydrogens is 254 g/mol. The van der Waals surface area contributed by atoms with E-state index in [0.29, 0.717) is 12.6 Å². The van der Waals surface area contributed by atoms with E-state index in [1.165, 1.54) is 0 Å². The average Bonchev–Trinajstić information content (AvgIpc) is 2.74. The molecule has 0 aliphatic carbocycles. The summed E-state index contributed by atoms with van der Waals surface area (Å²) >= 11 is 0. The van der Waals surface area contributed by atoms with Crippen LogP contribution < -0.4 is 5.32 Å². The van der Waals surface area contributed by atoms with Gasteiger partial charge < -0.3 is 19.5 Å². The second kappa shape index (κ2) is 7.06. The molecule has 1 aromatic heterocycles. The number of nitrogens with zero attached hydrogens (tertiary/aromatic N) is 4. The minimum absolute atomic E-state index is 0.533. The number of hydrogen-bond donors (Lipinski definition) is 1. The maximum Gasteiger partial charge on any atom is 0.203 e. The van der Waals surface area contributed by atoms with Crippen LogP contribution >= 0.6 is 0 Å². The monoisotopic (exact) mass is 281 g/mol. The molecule has 0 bridgehead atoms. The largest absolute Gasteiger partial charge is 0.383 e. The van der Waals surface area contributed by atoms with Crippen molar-refractivity contribution in [1.29, 1.82) is 0 Å². The molecule has 1 N–H and O–H groups in total. The molecule has 1 saturated heterocycles. The number of aromatic nitrogens is 2. The lowest BCUT2D eigenvalue weighted by Gasteiger charge is -2.38. The molecule has 1 aromatic rings. The van der Waals surface area contributed by atoms with Gasteiger partial charge in [-0.05, 0) is 21.0 Å². The van der Waals surface area contributed by atoms with E-state index < -0.39 is 0 Å². The van der Waals surface area contributed by atoms with Gasteiger partial charge in [-0.15, -0.1) is 0 Å². The highest BCUT2D eigenvalue weighted by molar-refractivity contribution is 5.28. The van der Waals surface area contributed by atoms with Crippen molar-refractivity contribution in [3.8, 4) is 0 Å². The Morgan fingerprint density at radius 2 is 2.20 bits per heavy atom. The van der Waals surface area contributed by atoms with Crippen LogP contribution in [0.3, 0.4) is 0 Å². The van der Waals surface area contributed by atoms with Gasteiger partial charge in [-0.2, -0.15) is 0 Å². The van der Waals surface area contributed by atoms with Crippen molar-refractivity contribution in [1.82, 2.24) is 19.4 Å². The number of rotatable bonds is 6. The summed E-state index contributed by atoms with van der Waals surface area (Å²) in [6.07, 6.45) is 2.12. The molecule has 1 atom stereocenters. The summed E-state index contributed by atoms with van der Waals surface area (Å²) in [4.78, 5) is 9.39. The molecule has 2 rings (SSSR count). The molecule has 1 unspecified atom stereocenters. The standard InChI is InChI=1S/C14H27N5O/c1-12-9-19(14(16-12)15-5-8-20-4)11-13-10-17(2)6-7-18(13)3/h9,13H,5-8,10-11H2,1-4H3,(H,15,16). The summed E-state index contributed by atoms with van der Waals surface area (Å²) in [5.74, 6) is 0.946. The second-order valence-electron chi connectivity index (χ2n) is 5.67. The van der Waals surface area contributed by atoms with Crippen molar-refractivity contribution < 1.29 is 4.74 Å². The van der Waals surface area contributed by atoms with E-state index in [9.17, 15) is 0 Å². The lowest BCUT2D eigenvalue weighted by atomic mass is 10.2. The van der Waals surface area contributed by atoms with Gasteiger partial charge >= 0.3 is 0 Å². The highest BCUT2D eigenvalue weighted by Crippen LogP contribution is 2.14. The fourth-order valence-electron chi connectivity index (χ4n) is 2.62. The van der Waals surface area contributed by atoms with Gasteiger partial charge in [0.05, 0.1) is 12.3 Å². The van der Waals surface area contributed by atoms with Crippen molar-refractivity contribution in [2.45, 2.75) is 19.5 Å². The molecule has 0 saturated carbocycles. The van der Waals surface area contributed by atoms with Gasteiger partial charge in [-0.25, -0.2) is 4.98 Å².